The first kappa shape index (κ1) is 33.2. The molecule has 4 nitrogen and oxygen atoms in total. The molecular weight excluding hydrogens is 717 g/mol. The van der Waals surface area contributed by atoms with Gasteiger partial charge in [0.2, 0.25) is 0 Å². The van der Waals surface area contributed by atoms with Crippen molar-refractivity contribution in [2.75, 3.05) is 0 Å². The second-order valence-electron chi connectivity index (χ2n) is 15.1. The highest BCUT2D eigenvalue weighted by molar-refractivity contribution is 6.24. The van der Waals surface area contributed by atoms with Gasteiger partial charge in [0.15, 0.2) is 5.82 Å². The maximum absolute atomic E-state index is 5.61. The van der Waals surface area contributed by atoms with E-state index in [0.29, 0.717) is 5.82 Å². The summed E-state index contributed by atoms with van der Waals surface area (Å²) in [7, 11) is 0. The fourth-order valence-electron chi connectivity index (χ4n) is 9.06. The highest BCUT2D eigenvalue weighted by Gasteiger charge is 2.18. The van der Waals surface area contributed by atoms with Crippen molar-refractivity contribution in [2.45, 2.75) is 0 Å². The van der Waals surface area contributed by atoms with Crippen molar-refractivity contribution < 1.29 is 0 Å². The van der Waals surface area contributed by atoms with Crippen molar-refractivity contribution >= 4 is 65.2 Å². The molecule has 0 bridgehead atoms. The van der Waals surface area contributed by atoms with E-state index in [4.69, 9.17) is 15.0 Å². The first-order valence-corrected chi connectivity index (χ1v) is 20.0. The van der Waals surface area contributed by atoms with Crippen molar-refractivity contribution in [3.63, 3.8) is 0 Å². The number of hydrogen-bond acceptors (Lipinski definition) is 3. The van der Waals surface area contributed by atoms with E-state index < -0.39 is 0 Å². The molecule has 0 N–H and O–H groups in total. The number of pyridine rings is 1. The number of aromatic nitrogens is 4. The van der Waals surface area contributed by atoms with Gasteiger partial charge < -0.3 is 4.57 Å². The molecule has 0 aliphatic rings. The van der Waals surface area contributed by atoms with Crippen LogP contribution >= 0.6 is 0 Å². The van der Waals surface area contributed by atoms with Gasteiger partial charge in [-0.15, -0.1) is 0 Å². The fourth-order valence-corrected chi connectivity index (χ4v) is 9.06. The molecule has 12 rings (SSSR count). The number of nitrogens with zero attached hydrogens (tertiary/aromatic N) is 4. The van der Waals surface area contributed by atoms with Crippen molar-refractivity contribution in [2.24, 2.45) is 0 Å². The number of benzene rings is 9. The monoisotopic (exact) mass is 750 g/mol. The van der Waals surface area contributed by atoms with E-state index >= 15 is 0 Å². The molecule has 9 aromatic carbocycles. The van der Waals surface area contributed by atoms with E-state index in [1.807, 2.05) is 18.2 Å². The summed E-state index contributed by atoms with van der Waals surface area (Å²) in [5.41, 5.74) is 12.5. The third-order valence-corrected chi connectivity index (χ3v) is 11.8. The molecule has 0 saturated carbocycles. The van der Waals surface area contributed by atoms with Gasteiger partial charge in [-0.1, -0.05) is 176 Å². The van der Waals surface area contributed by atoms with E-state index in [9.17, 15) is 0 Å². The molecule has 274 valence electrons. The summed E-state index contributed by atoms with van der Waals surface area (Å²) in [5.74, 6) is 0.696. The van der Waals surface area contributed by atoms with Crippen LogP contribution in [-0.4, -0.2) is 19.5 Å². The van der Waals surface area contributed by atoms with Gasteiger partial charge in [0, 0.05) is 60.3 Å². The van der Waals surface area contributed by atoms with Crippen LogP contribution in [0.1, 0.15) is 0 Å². The molecule has 0 spiro atoms. The predicted octanol–water partition coefficient (Wildman–Crippen LogP) is 14.2. The van der Waals surface area contributed by atoms with Gasteiger partial charge in [0.05, 0.1) is 33.5 Å². The Morgan fingerprint density at radius 2 is 0.932 bits per heavy atom. The van der Waals surface area contributed by atoms with Crippen LogP contribution < -0.4 is 0 Å². The molecule has 0 fully saturated rings. The standard InChI is InChI=1S/C55H34N4/c1-2-15-36(16-3-1)52-45-22-6-9-25-48(45)56-55(58-52)38-30-28-37(29-31-38)53-47-33-32-35-14-4-5-19-41(35)51(47)46-24-13-23-42(54(46)57-53)39-17-12-18-40(34-39)59-49-26-10-7-20-43(49)44-21-8-11-27-50(44)59/h1-34H. The van der Waals surface area contributed by atoms with Gasteiger partial charge in [-0.25, -0.2) is 15.0 Å². The van der Waals surface area contributed by atoms with Crippen LogP contribution in [0.2, 0.25) is 0 Å². The van der Waals surface area contributed by atoms with Crippen molar-refractivity contribution in [1.29, 1.82) is 0 Å². The zero-order valence-corrected chi connectivity index (χ0v) is 31.9. The summed E-state index contributed by atoms with van der Waals surface area (Å²) in [6.45, 7) is 0. The molecule has 0 aliphatic heterocycles. The Morgan fingerprint density at radius 3 is 1.73 bits per heavy atom. The highest BCUT2D eigenvalue weighted by atomic mass is 15.0. The Hall–Kier alpha value is -7.95. The summed E-state index contributed by atoms with van der Waals surface area (Å²) in [4.78, 5) is 15.8. The van der Waals surface area contributed by atoms with Crippen molar-refractivity contribution in [1.82, 2.24) is 19.5 Å². The number of hydrogen-bond donors (Lipinski definition) is 0. The van der Waals surface area contributed by atoms with E-state index in [2.05, 4.69) is 193 Å². The highest BCUT2D eigenvalue weighted by Crippen LogP contribution is 2.41. The Morgan fingerprint density at radius 1 is 0.339 bits per heavy atom. The first-order chi connectivity index (χ1) is 29.3. The topological polar surface area (TPSA) is 43.6 Å². The second kappa shape index (κ2) is 13.3. The molecule has 0 atom stereocenters. The van der Waals surface area contributed by atoms with Gasteiger partial charge in [0.1, 0.15) is 0 Å². The summed E-state index contributed by atoms with van der Waals surface area (Å²) in [5, 5.41) is 9.41. The summed E-state index contributed by atoms with van der Waals surface area (Å²) < 4.78 is 2.38. The van der Waals surface area contributed by atoms with Crippen LogP contribution in [0.3, 0.4) is 0 Å². The van der Waals surface area contributed by atoms with E-state index in [-0.39, 0.29) is 0 Å². The minimum Gasteiger partial charge on any atom is -0.309 e. The summed E-state index contributed by atoms with van der Waals surface area (Å²) in [6, 6.07) is 73.2. The third kappa shape index (κ3) is 5.34. The number of para-hydroxylation sites is 4. The molecule has 0 aliphatic carbocycles. The van der Waals surface area contributed by atoms with Gasteiger partial charge in [-0.3, -0.25) is 0 Å². The number of fused-ring (bicyclic) bond motifs is 9. The molecular formula is C55H34N4. The Labute approximate surface area is 340 Å². The Balaban J connectivity index is 1.05. The van der Waals surface area contributed by atoms with Gasteiger partial charge >= 0.3 is 0 Å². The second-order valence-corrected chi connectivity index (χ2v) is 15.1. The molecule has 0 saturated heterocycles. The Kier molecular flexibility index (Phi) is 7.50. The van der Waals surface area contributed by atoms with Crippen LogP contribution in [0.15, 0.2) is 206 Å². The molecule has 0 radical (unpaired) electrons. The van der Waals surface area contributed by atoms with Crippen molar-refractivity contribution in [3.8, 4) is 50.7 Å². The van der Waals surface area contributed by atoms with Crippen LogP contribution in [0.5, 0.6) is 0 Å². The summed E-state index contributed by atoms with van der Waals surface area (Å²) in [6.07, 6.45) is 0. The van der Waals surface area contributed by atoms with Gasteiger partial charge in [0.25, 0.3) is 0 Å². The minimum absolute atomic E-state index is 0.696. The lowest BCUT2D eigenvalue weighted by atomic mass is 9.92. The molecule has 12 aromatic rings. The van der Waals surface area contributed by atoms with Crippen LogP contribution in [0.25, 0.3) is 116 Å². The van der Waals surface area contributed by atoms with Crippen LogP contribution in [0.4, 0.5) is 0 Å². The quantitative estimate of drug-likeness (QED) is 0.165. The average molecular weight is 751 g/mol. The largest absolute Gasteiger partial charge is 0.309 e. The SMILES string of the molecule is c1ccc(-c2nc(-c3ccc(-c4nc5c(-c6cccc(-n7c8ccccc8c8ccccc87)c6)cccc5c5c4ccc4ccccc45)cc3)nc3ccccc23)cc1. The lowest BCUT2D eigenvalue weighted by Gasteiger charge is -2.16. The smallest absolute Gasteiger partial charge is 0.160 e. The molecule has 0 amide bonds. The zero-order valence-electron chi connectivity index (χ0n) is 31.9. The average Bonchev–Trinajstić information content (AvgIpc) is 3.65. The van der Waals surface area contributed by atoms with E-state index in [1.54, 1.807) is 0 Å². The van der Waals surface area contributed by atoms with Crippen LogP contribution in [0, 0.1) is 0 Å². The lowest BCUT2D eigenvalue weighted by molar-refractivity contribution is 1.18. The molecule has 59 heavy (non-hydrogen) atoms. The predicted molar refractivity (Wildman–Crippen MR) is 246 cm³/mol. The van der Waals surface area contributed by atoms with E-state index in [1.165, 1.54) is 38.0 Å². The van der Waals surface area contributed by atoms with Gasteiger partial charge in [-0.05, 0) is 46.7 Å². The Bertz CT molecular complexity index is 3550. The maximum Gasteiger partial charge on any atom is 0.160 e. The minimum atomic E-state index is 0.696. The molecule has 4 heteroatoms. The third-order valence-electron chi connectivity index (χ3n) is 11.8. The zero-order chi connectivity index (χ0) is 38.9. The van der Waals surface area contributed by atoms with E-state index in [0.717, 1.165) is 72.1 Å². The van der Waals surface area contributed by atoms with Crippen LogP contribution in [-0.2, 0) is 0 Å². The van der Waals surface area contributed by atoms with Crippen molar-refractivity contribution in [3.05, 3.63) is 206 Å². The number of rotatable bonds is 5. The normalized spacial score (nSPS) is 11.7. The molecule has 3 aromatic heterocycles. The fraction of sp³-hybridized carbons (Fsp3) is 0. The molecule has 0 unspecified atom stereocenters. The molecule has 3 heterocycles. The van der Waals surface area contributed by atoms with Gasteiger partial charge in [-0.2, -0.15) is 0 Å². The lowest BCUT2D eigenvalue weighted by Crippen LogP contribution is -1.96. The first-order valence-electron chi connectivity index (χ1n) is 20.0. The maximum atomic E-state index is 5.61. The summed E-state index contributed by atoms with van der Waals surface area (Å²) >= 11 is 0.